The van der Waals surface area contributed by atoms with Gasteiger partial charge in [-0.15, -0.1) is 0 Å². The summed E-state index contributed by atoms with van der Waals surface area (Å²) < 4.78 is 0. The van der Waals surface area contributed by atoms with Crippen molar-refractivity contribution in [3.63, 3.8) is 0 Å². The van der Waals surface area contributed by atoms with Crippen LogP contribution >= 0.6 is 0 Å². The Balaban J connectivity index is 1.53. The fourth-order valence-corrected chi connectivity index (χ4v) is 4.21. The second kappa shape index (κ2) is 4.66. The van der Waals surface area contributed by atoms with Gasteiger partial charge in [0.2, 0.25) is 0 Å². The van der Waals surface area contributed by atoms with E-state index in [1.807, 2.05) is 0 Å². The van der Waals surface area contributed by atoms with Crippen LogP contribution < -0.4 is 5.32 Å². The highest BCUT2D eigenvalue weighted by Crippen LogP contribution is 2.31. The van der Waals surface area contributed by atoms with Crippen molar-refractivity contribution in [1.82, 2.24) is 10.2 Å². The van der Waals surface area contributed by atoms with Gasteiger partial charge in [-0.2, -0.15) is 0 Å². The van der Waals surface area contributed by atoms with Crippen molar-refractivity contribution in [3.05, 3.63) is 0 Å². The van der Waals surface area contributed by atoms with Crippen LogP contribution in [0.3, 0.4) is 0 Å². The molecule has 2 heteroatoms. The first-order valence-electron chi connectivity index (χ1n) is 7.35. The zero-order valence-corrected chi connectivity index (χ0v) is 10.6. The molecular weight excluding hydrogens is 196 g/mol. The molecule has 2 unspecified atom stereocenters. The van der Waals surface area contributed by atoms with Gasteiger partial charge in [0, 0.05) is 24.7 Å². The zero-order valence-electron chi connectivity index (χ0n) is 10.6. The SMILES string of the molecule is C[C@@H](NC1CCN2CCCC12)C1CCCC1. The lowest BCUT2D eigenvalue weighted by atomic mass is 9.97. The number of hydrogen-bond donors (Lipinski definition) is 1. The van der Waals surface area contributed by atoms with Crippen molar-refractivity contribution in [3.8, 4) is 0 Å². The summed E-state index contributed by atoms with van der Waals surface area (Å²) in [6, 6.07) is 2.44. The maximum Gasteiger partial charge on any atom is 0.0250 e. The Labute approximate surface area is 99.8 Å². The molecule has 1 saturated carbocycles. The Bertz CT molecular complexity index is 235. The summed E-state index contributed by atoms with van der Waals surface area (Å²) in [4.78, 5) is 2.71. The highest BCUT2D eigenvalue weighted by atomic mass is 15.2. The Morgan fingerprint density at radius 1 is 1.00 bits per heavy atom. The van der Waals surface area contributed by atoms with Crippen molar-refractivity contribution in [2.24, 2.45) is 5.92 Å². The monoisotopic (exact) mass is 222 g/mol. The molecule has 2 nitrogen and oxygen atoms in total. The molecule has 3 rings (SSSR count). The maximum atomic E-state index is 3.95. The molecule has 0 aromatic rings. The lowest BCUT2D eigenvalue weighted by Gasteiger charge is -2.28. The highest BCUT2D eigenvalue weighted by molar-refractivity contribution is 4.97. The van der Waals surface area contributed by atoms with Crippen molar-refractivity contribution in [1.29, 1.82) is 0 Å². The van der Waals surface area contributed by atoms with Gasteiger partial charge in [-0.05, 0) is 51.5 Å². The summed E-state index contributed by atoms with van der Waals surface area (Å²) in [5.41, 5.74) is 0. The van der Waals surface area contributed by atoms with Crippen molar-refractivity contribution in [2.75, 3.05) is 13.1 Å². The Kier molecular flexibility index (Phi) is 3.21. The van der Waals surface area contributed by atoms with Crippen LogP contribution in [0.25, 0.3) is 0 Å². The maximum absolute atomic E-state index is 3.95. The predicted octanol–water partition coefficient (Wildman–Crippen LogP) is 2.39. The van der Waals surface area contributed by atoms with E-state index in [1.54, 1.807) is 0 Å². The van der Waals surface area contributed by atoms with E-state index in [2.05, 4.69) is 17.1 Å². The smallest absolute Gasteiger partial charge is 0.0250 e. The number of nitrogens with one attached hydrogen (secondary N) is 1. The van der Waals surface area contributed by atoms with Crippen LogP contribution in [0.1, 0.15) is 51.9 Å². The molecular formula is C14H26N2. The van der Waals surface area contributed by atoms with Gasteiger partial charge in [0.25, 0.3) is 0 Å². The fraction of sp³-hybridized carbons (Fsp3) is 1.00. The highest BCUT2D eigenvalue weighted by Gasteiger charge is 2.38. The minimum Gasteiger partial charge on any atom is -0.310 e. The van der Waals surface area contributed by atoms with Crippen molar-refractivity contribution in [2.45, 2.75) is 70.0 Å². The standard InChI is InChI=1S/C14H26N2/c1-11(12-5-2-3-6-12)15-13-8-10-16-9-4-7-14(13)16/h11-15H,2-10H2,1H3/t11-,13?,14?/m1/s1. The molecule has 0 amide bonds. The Hall–Kier alpha value is -0.0800. The van der Waals surface area contributed by atoms with E-state index in [-0.39, 0.29) is 0 Å². The number of fused-ring (bicyclic) bond motifs is 1. The van der Waals surface area contributed by atoms with Crippen LogP contribution in [-0.4, -0.2) is 36.1 Å². The molecule has 3 aliphatic rings. The van der Waals surface area contributed by atoms with E-state index < -0.39 is 0 Å². The third kappa shape index (κ3) is 2.02. The summed E-state index contributed by atoms with van der Waals surface area (Å²) >= 11 is 0. The third-order valence-electron chi connectivity index (χ3n) is 5.19. The summed E-state index contributed by atoms with van der Waals surface area (Å²) in [7, 11) is 0. The van der Waals surface area contributed by atoms with Crippen LogP contribution in [0.4, 0.5) is 0 Å². The van der Waals surface area contributed by atoms with Gasteiger partial charge in [0.05, 0.1) is 0 Å². The molecule has 0 aromatic carbocycles. The molecule has 0 aromatic heterocycles. The van der Waals surface area contributed by atoms with E-state index in [1.165, 1.54) is 58.0 Å². The average Bonchev–Trinajstić information content (AvgIpc) is 2.94. The van der Waals surface area contributed by atoms with Crippen LogP contribution in [-0.2, 0) is 0 Å². The molecule has 0 bridgehead atoms. The van der Waals surface area contributed by atoms with Gasteiger partial charge in [-0.3, -0.25) is 4.90 Å². The molecule has 2 aliphatic heterocycles. The Morgan fingerprint density at radius 3 is 2.62 bits per heavy atom. The molecule has 2 heterocycles. The average molecular weight is 222 g/mol. The topological polar surface area (TPSA) is 15.3 Å². The van der Waals surface area contributed by atoms with Gasteiger partial charge < -0.3 is 5.32 Å². The molecule has 92 valence electrons. The number of hydrogen-bond acceptors (Lipinski definition) is 2. The van der Waals surface area contributed by atoms with Gasteiger partial charge in [0.1, 0.15) is 0 Å². The summed E-state index contributed by atoms with van der Waals surface area (Å²) in [5, 5.41) is 3.95. The lowest BCUT2D eigenvalue weighted by Crippen LogP contribution is -2.45. The molecule has 2 saturated heterocycles. The molecule has 0 spiro atoms. The quantitative estimate of drug-likeness (QED) is 0.789. The van der Waals surface area contributed by atoms with E-state index in [4.69, 9.17) is 0 Å². The molecule has 16 heavy (non-hydrogen) atoms. The third-order valence-corrected chi connectivity index (χ3v) is 5.19. The van der Waals surface area contributed by atoms with Gasteiger partial charge in [0.15, 0.2) is 0 Å². The van der Waals surface area contributed by atoms with Crippen LogP contribution in [0, 0.1) is 5.92 Å². The summed E-state index contributed by atoms with van der Waals surface area (Å²) in [5.74, 6) is 0.968. The largest absolute Gasteiger partial charge is 0.310 e. The molecule has 1 N–H and O–H groups in total. The van der Waals surface area contributed by atoms with Gasteiger partial charge in [-0.25, -0.2) is 0 Å². The number of rotatable bonds is 3. The van der Waals surface area contributed by atoms with Crippen molar-refractivity contribution < 1.29 is 0 Å². The molecule has 1 aliphatic carbocycles. The minimum atomic E-state index is 0.757. The lowest BCUT2D eigenvalue weighted by molar-refractivity contribution is 0.271. The second-order valence-corrected chi connectivity index (χ2v) is 6.14. The molecule has 3 atom stereocenters. The summed E-state index contributed by atoms with van der Waals surface area (Å²) in [6.45, 7) is 5.13. The zero-order chi connectivity index (χ0) is 11.0. The second-order valence-electron chi connectivity index (χ2n) is 6.14. The fourth-order valence-electron chi connectivity index (χ4n) is 4.21. The summed E-state index contributed by atoms with van der Waals surface area (Å²) in [6.07, 6.45) is 10.1. The van der Waals surface area contributed by atoms with E-state index in [0.717, 1.165) is 24.0 Å². The molecule has 3 fully saturated rings. The number of nitrogens with zero attached hydrogens (tertiary/aromatic N) is 1. The van der Waals surface area contributed by atoms with E-state index in [9.17, 15) is 0 Å². The predicted molar refractivity (Wildman–Crippen MR) is 67.6 cm³/mol. The van der Waals surface area contributed by atoms with Gasteiger partial charge in [-0.1, -0.05) is 12.8 Å². The van der Waals surface area contributed by atoms with Gasteiger partial charge >= 0.3 is 0 Å². The minimum absolute atomic E-state index is 0.757. The Morgan fingerprint density at radius 2 is 1.81 bits per heavy atom. The van der Waals surface area contributed by atoms with E-state index >= 15 is 0 Å². The normalized spacial score (nSPS) is 38.1. The van der Waals surface area contributed by atoms with E-state index in [0.29, 0.717) is 0 Å². The first-order chi connectivity index (χ1) is 7.84. The van der Waals surface area contributed by atoms with Crippen molar-refractivity contribution >= 4 is 0 Å². The van der Waals surface area contributed by atoms with Crippen LogP contribution in [0.15, 0.2) is 0 Å². The van der Waals surface area contributed by atoms with Crippen LogP contribution in [0.5, 0.6) is 0 Å². The first kappa shape index (κ1) is 11.0. The molecule has 0 radical (unpaired) electrons. The van der Waals surface area contributed by atoms with Crippen LogP contribution in [0.2, 0.25) is 0 Å². The first-order valence-corrected chi connectivity index (χ1v) is 7.35.